The van der Waals surface area contributed by atoms with E-state index in [0.717, 1.165) is 6.08 Å². The summed E-state index contributed by atoms with van der Waals surface area (Å²) in [6, 6.07) is -2.73. The third-order valence-electron chi connectivity index (χ3n) is 1.76. The summed E-state index contributed by atoms with van der Waals surface area (Å²) in [5, 5.41) is 17.7. The van der Waals surface area contributed by atoms with Crippen molar-refractivity contribution >= 4 is 11.9 Å². The van der Waals surface area contributed by atoms with E-state index >= 15 is 0 Å². The molecule has 76 valence electrons. The molecule has 2 fully saturated rings. The van der Waals surface area contributed by atoms with Gasteiger partial charge < -0.3 is 14.9 Å². The van der Waals surface area contributed by atoms with E-state index < -0.39 is 42.8 Å². The number of amides is 1. The Bertz CT molecular complexity index is 480. The molecule has 0 spiro atoms. The number of carboxylic acid groups (broad SMARTS) is 1. The maximum atomic E-state index is 11.5. The Morgan fingerprint density at radius 1 is 1.93 bits per heavy atom. The maximum Gasteiger partial charge on any atom is 0.334 e. The van der Waals surface area contributed by atoms with Crippen LogP contribution in [0.4, 0.5) is 0 Å². The average molecular weight is 203 g/mol. The van der Waals surface area contributed by atoms with E-state index in [4.69, 9.17) is 20.4 Å². The molecule has 0 aromatic rings. The van der Waals surface area contributed by atoms with Crippen LogP contribution in [0.25, 0.3) is 0 Å². The van der Waals surface area contributed by atoms with Crippen molar-refractivity contribution in [2.45, 2.75) is 18.6 Å². The summed E-state index contributed by atoms with van der Waals surface area (Å²) in [4.78, 5) is 22.8. The molecule has 0 saturated carbocycles. The average Bonchev–Trinajstić information content (AvgIpc) is 2.48. The summed E-state index contributed by atoms with van der Waals surface area (Å²) in [6.07, 6.45) is -4.51. The smallest absolute Gasteiger partial charge is 0.334 e. The molecule has 2 N–H and O–H groups in total. The Balaban J connectivity index is 2.58. The third kappa shape index (κ3) is 1.07. The van der Waals surface area contributed by atoms with E-state index in [1.54, 1.807) is 0 Å². The summed E-state index contributed by atoms with van der Waals surface area (Å²) in [5.74, 6) is -3.75. The molecule has 14 heavy (non-hydrogen) atoms. The van der Waals surface area contributed by atoms with E-state index in [1.807, 2.05) is 0 Å². The summed E-state index contributed by atoms with van der Waals surface area (Å²) in [7, 11) is 0. The highest BCUT2D eigenvalue weighted by Crippen LogP contribution is 2.36. The number of ether oxygens (including phenoxy) is 1. The first kappa shape index (κ1) is 5.35. The third-order valence-corrected chi connectivity index (χ3v) is 1.76. The molecule has 0 radical (unpaired) electrons. The zero-order valence-electron chi connectivity index (χ0n) is 10.9. The number of carbonyl (C=O) groups excluding carboxylic acids is 1. The van der Waals surface area contributed by atoms with Crippen LogP contribution in [-0.4, -0.2) is 45.8 Å². The normalized spacial score (nSPS) is 50.8. The van der Waals surface area contributed by atoms with Gasteiger partial charge in [0.2, 0.25) is 5.91 Å². The largest absolute Gasteiger partial charge is 0.479 e. The Labute approximate surface area is 85.0 Å². The van der Waals surface area contributed by atoms with Gasteiger partial charge in [-0.1, -0.05) is 0 Å². The molecule has 2 aliphatic rings. The topological polar surface area (TPSA) is 87.1 Å². The van der Waals surface area contributed by atoms with Crippen LogP contribution in [-0.2, 0) is 14.3 Å². The number of aliphatic hydroxyl groups excluding tert-OH is 1. The molecule has 0 aromatic carbocycles. The summed E-state index contributed by atoms with van der Waals surface area (Å²) in [5.41, 5.74) is 0. The molecule has 2 rings (SSSR count). The fraction of sp³-hybridized carbons (Fsp3) is 0.500. The van der Waals surface area contributed by atoms with E-state index in [1.165, 1.54) is 0 Å². The van der Waals surface area contributed by atoms with Gasteiger partial charge in [0.25, 0.3) is 0 Å². The van der Waals surface area contributed by atoms with Gasteiger partial charge in [-0.05, 0) is 6.08 Å². The fourth-order valence-corrected chi connectivity index (χ4v) is 1.20. The van der Waals surface area contributed by atoms with Gasteiger partial charge in [0.1, 0.15) is 5.76 Å². The second-order valence-corrected chi connectivity index (χ2v) is 2.58. The van der Waals surface area contributed by atoms with Gasteiger partial charge in [0, 0.05) is 2.74 Å². The van der Waals surface area contributed by atoms with Gasteiger partial charge in [0.15, 0.2) is 12.2 Å². The highest BCUT2D eigenvalue weighted by atomic mass is 16.5. The standard InChI is InChI=1S/C8H9NO5/c10-2-1-4-7(8(12)13)9-5(11)3-6(9)14-4/h1,6-7,10H,2-3H2,(H,12,13)/t6-,7-/m1/s1/i3D2,6D,7D. The van der Waals surface area contributed by atoms with Crippen molar-refractivity contribution in [1.29, 1.82) is 0 Å². The van der Waals surface area contributed by atoms with Crippen molar-refractivity contribution in [3.05, 3.63) is 11.8 Å². The number of carboxylic acids is 1. The number of nitrogens with zero attached hydrogens (tertiary/aromatic N) is 1. The van der Waals surface area contributed by atoms with Gasteiger partial charge in [0.05, 0.1) is 15.7 Å². The number of rotatable bonds is 2. The lowest BCUT2D eigenvalue weighted by Gasteiger charge is -2.33. The first-order valence-electron chi connectivity index (χ1n) is 5.72. The molecule has 0 aromatic heterocycles. The number of hydrogen-bond donors (Lipinski definition) is 2. The molecule has 2 atom stereocenters. The van der Waals surface area contributed by atoms with Crippen LogP contribution in [0.3, 0.4) is 0 Å². The summed E-state index contributed by atoms with van der Waals surface area (Å²) >= 11 is 0. The second kappa shape index (κ2) is 2.98. The second-order valence-electron chi connectivity index (χ2n) is 2.58. The van der Waals surface area contributed by atoms with Crippen molar-refractivity contribution in [2.75, 3.05) is 6.61 Å². The van der Waals surface area contributed by atoms with E-state index in [0.29, 0.717) is 0 Å². The van der Waals surface area contributed by atoms with Crippen molar-refractivity contribution in [1.82, 2.24) is 4.90 Å². The van der Waals surface area contributed by atoms with Crippen LogP contribution in [0.5, 0.6) is 0 Å². The van der Waals surface area contributed by atoms with Gasteiger partial charge in [-0.2, -0.15) is 0 Å². The first-order valence-corrected chi connectivity index (χ1v) is 3.72. The quantitative estimate of drug-likeness (QED) is 0.556. The molecular weight excluding hydrogens is 190 g/mol. The Morgan fingerprint density at radius 3 is 3.21 bits per heavy atom. The molecule has 0 aliphatic carbocycles. The molecule has 2 aliphatic heterocycles. The Kier molecular flexibility index (Phi) is 1.14. The molecule has 2 heterocycles. The van der Waals surface area contributed by atoms with Crippen molar-refractivity contribution in [3.8, 4) is 0 Å². The zero-order valence-corrected chi connectivity index (χ0v) is 6.85. The predicted molar refractivity (Wildman–Crippen MR) is 42.9 cm³/mol. The van der Waals surface area contributed by atoms with Gasteiger partial charge in [-0.25, -0.2) is 4.79 Å². The minimum absolute atomic E-state index is 0.198. The number of β-lactam (4-membered cyclic amide) rings is 1. The van der Waals surface area contributed by atoms with E-state index in [2.05, 4.69) is 0 Å². The molecule has 6 nitrogen and oxygen atoms in total. The number of carbonyl (C=O) groups is 2. The van der Waals surface area contributed by atoms with Crippen molar-refractivity contribution in [3.63, 3.8) is 0 Å². The highest BCUT2D eigenvalue weighted by molar-refractivity contribution is 5.91. The number of hydrogen-bond acceptors (Lipinski definition) is 4. The molecule has 6 heteroatoms. The van der Waals surface area contributed by atoms with Crippen molar-refractivity contribution < 1.29 is 30.0 Å². The Morgan fingerprint density at radius 2 is 2.64 bits per heavy atom. The lowest BCUT2D eigenvalue weighted by Crippen LogP contribution is -2.54. The summed E-state index contributed by atoms with van der Waals surface area (Å²) in [6.45, 7) is -0.662. The lowest BCUT2D eigenvalue weighted by molar-refractivity contribution is -0.163. The number of aliphatic hydroxyl groups is 1. The lowest BCUT2D eigenvalue weighted by atomic mass is 10.1. The van der Waals surface area contributed by atoms with Gasteiger partial charge in [-0.3, -0.25) is 9.69 Å². The monoisotopic (exact) mass is 203 g/mol. The minimum Gasteiger partial charge on any atom is -0.479 e. The maximum absolute atomic E-state index is 11.5. The van der Waals surface area contributed by atoms with Crippen LogP contribution >= 0.6 is 0 Å². The first-order chi connectivity index (χ1) is 8.14. The van der Waals surface area contributed by atoms with Crippen LogP contribution in [0.15, 0.2) is 11.8 Å². The fourth-order valence-electron chi connectivity index (χ4n) is 1.20. The van der Waals surface area contributed by atoms with Crippen LogP contribution in [0, 0.1) is 0 Å². The van der Waals surface area contributed by atoms with Crippen molar-refractivity contribution in [2.24, 2.45) is 0 Å². The molecule has 1 amide bonds. The number of aliphatic carboxylic acids is 1. The molecule has 2 saturated heterocycles. The highest BCUT2D eigenvalue weighted by Gasteiger charge is 2.53. The zero-order chi connectivity index (χ0) is 13.9. The molecule has 0 bridgehead atoms. The van der Waals surface area contributed by atoms with Crippen LogP contribution in [0.1, 0.15) is 11.9 Å². The van der Waals surface area contributed by atoms with Crippen LogP contribution < -0.4 is 0 Å². The van der Waals surface area contributed by atoms with E-state index in [-0.39, 0.29) is 4.90 Å². The SMILES string of the molecule is [2H]C1([2H])C(=O)N2[C@@]([2H])(C(=O)O)C(=CCO)O[C@@]21[2H]. The minimum atomic E-state index is -2.74. The molecular formula is C8H9NO5. The van der Waals surface area contributed by atoms with Gasteiger partial charge in [-0.15, -0.1) is 0 Å². The molecule has 0 unspecified atom stereocenters. The van der Waals surface area contributed by atoms with E-state index in [9.17, 15) is 9.59 Å². The van der Waals surface area contributed by atoms with Crippen LogP contribution in [0.2, 0.25) is 0 Å². The number of fused-ring (bicyclic) bond motifs is 1. The Hall–Kier alpha value is -1.56. The predicted octanol–water partition coefficient (Wildman–Crippen LogP) is -1.10. The van der Waals surface area contributed by atoms with Gasteiger partial charge >= 0.3 is 5.97 Å². The summed E-state index contributed by atoms with van der Waals surface area (Å²) < 4.78 is 34.9.